The lowest BCUT2D eigenvalue weighted by Crippen LogP contribution is -2.23. The molecular weight excluding hydrogens is 263 g/mol. The fourth-order valence-corrected chi connectivity index (χ4v) is 3.58. The molecule has 0 aromatic rings. The van der Waals surface area contributed by atoms with Gasteiger partial charge in [0.1, 0.15) is 12.7 Å². The van der Waals surface area contributed by atoms with Crippen molar-refractivity contribution in [3.05, 3.63) is 0 Å². The Balaban J connectivity index is 2.37. The van der Waals surface area contributed by atoms with E-state index in [1.165, 1.54) is 0 Å². The van der Waals surface area contributed by atoms with Gasteiger partial charge in [-0.15, -0.1) is 9.05 Å². The van der Waals surface area contributed by atoms with Gasteiger partial charge in [0.15, 0.2) is 0 Å². The second-order valence-electron chi connectivity index (χ2n) is 5.37. The molecule has 0 N–H and O–H groups in total. The normalized spacial score (nSPS) is 32.0. The lowest BCUT2D eigenvalue weighted by molar-refractivity contribution is 0.00708. The van der Waals surface area contributed by atoms with E-state index in [-0.39, 0.29) is 18.3 Å². The topological polar surface area (TPSA) is 44.8 Å². The molecule has 0 aliphatic carbocycles. The van der Waals surface area contributed by atoms with Crippen LogP contribution in [0.25, 0.3) is 0 Å². The van der Waals surface area contributed by atoms with Gasteiger partial charge in [0.05, 0.1) is 12.2 Å². The molecule has 0 aromatic carbocycles. The average Bonchev–Trinajstić information content (AvgIpc) is 2.68. The second-order valence-corrected chi connectivity index (χ2v) is 6.29. The standard InChI is InChI=1S/C14H28O4P/c1-6-12(7-2)18-19(15)16-9-14-13(8-3)10(4)11(5)17-14/h10-14H,6-9H2,1-5H3/q+1/t10-,11-,13-,14+/m0/s1. The molecule has 5 atom stereocenters. The highest BCUT2D eigenvalue weighted by atomic mass is 31.1. The molecular formula is C14H28O4P+. The van der Waals surface area contributed by atoms with Crippen LogP contribution in [-0.4, -0.2) is 24.9 Å². The molecule has 1 unspecified atom stereocenters. The molecule has 0 radical (unpaired) electrons. The first kappa shape index (κ1) is 17.0. The maximum Gasteiger partial charge on any atom is 0.697 e. The molecule has 1 aliphatic heterocycles. The second kappa shape index (κ2) is 8.31. The quantitative estimate of drug-likeness (QED) is 0.625. The van der Waals surface area contributed by atoms with Gasteiger partial charge in [-0.2, -0.15) is 0 Å². The van der Waals surface area contributed by atoms with Gasteiger partial charge in [0.2, 0.25) is 0 Å². The van der Waals surface area contributed by atoms with Gasteiger partial charge in [0.25, 0.3) is 0 Å². The third kappa shape index (κ3) is 4.78. The molecule has 19 heavy (non-hydrogen) atoms. The highest BCUT2D eigenvalue weighted by molar-refractivity contribution is 7.33. The first-order valence-electron chi connectivity index (χ1n) is 7.45. The molecule has 0 saturated carbocycles. The van der Waals surface area contributed by atoms with E-state index >= 15 is 0 Å². The number of rotatable bonds is 8. The number of hydrogen-bond acceptors (Lipinski definition) is 4. The predicted molar refractivity (Wildman–Crippen MR) is 76.3 cm³/mol. The van der Waals surface area contributed by atoms with Crippen molar-refractivity contribution in [2.24, 2.45) is 11.8 Å². The first-order chi connectivity index (χ1) is 9.03. The molecule has 1 heterocycles. The van der Waals surface area contributed by atoms with Crippen LogP contribution in [0.1, 0.15) is 53.9 Å². The summed E-state index contributed by atoms with van der Waals surface area (Å²) in [6.45, 7) is 10.9. The van der Waals surface area contributed by atoms with Crippen molar-refractivity contribution in [3.8, 4) is 0 Å². The fraction of sp³-hybridized carbons (Fsp3) is 1.00. The summed E-state index contributed by atoms with van der Waals surface area (Å²) in [6.07, 6.45) is 3.08. The molecule has 5 heteroatoms. The summed E-state index contributed by atoms with van der Waals surface area (Å²) in [4.78, 5) is 0. The Morgan fingerprint density at radius 3 is 2.37 bits per heavy atom. The molecule has 4 nitrogen and oxygen atoms in total. The van der Waals surface area contributed by atoms with Crippen LogP contribution in [0, 0.1) is 11.8 Å². The third-order valence-electron chi connectivity index (χ3n) is 4.24. The summed E-state index contributed by atoms with van der Waals surface area (Å²) in [5, 5.41) is 0. The van der Waals surface area contributed by atoms with Gasteiger partial charge in [-0.1, -0.05) is 34.1 Å². The van der Waals surface area contributed by atoms with Gasteiger partial charge in [0, 0.05) is 4.57 Å². The number of ether oxygens (including phenoxy) is 1. The van der Waals surface area contributed by atoms with E-state index in [0.717, 1.165) is 19.3 Å². The highest BCUT2D eigenvalue weighted by Crippen LogP contribution is 2.37. The van der Waals surface area contributed by atoms with Gasteiger partial charge in [-0.3, -0.25) is 0 Å². The van der Waals surface area contributed by atoms with Gasteiger partial charge >= 0.3 is 8.25 Å². The zero-order valence-electron chi connectivity index (χ0n) is 12.8. The molecule has 1 aliphatic rings. The maximum atomic E-state index is 11.7. The minimum Gasteiger partial charge on any atom is -0.372 e. The Morgan fingerprint density at radius 1 is 1.21 bits per heavy atom. The molecule has 112 valence electrons. The summed E-state index contributed by atoms with van der Waals surface area (Å²) in [5.74, 6) is 1.00. The smallest absolute Gasteiger partial charge is 0.372 e. The van der Waals surface area contributed by atoms with Crippen molar-refractivity contribution in [3.63, 3.8) is 0 Å². The zero-order chi connectivity index (χ0) is 14.4. The van der Waals surface area contributed by atoms with Crippen molar-refractivity contribution < 1.29 is 18.3 Å². The summed E-state index contributed by atoms with van der Waals surface area (Å²) >= 11 is 0. The molecule has 0 aromatic heterocycles. The fourth-order valence-electron chi connectivity index (χ4n) is 2.71. The van der Waals surface area contributed by atoms with Gasteiger partial charge < -0.3 is 4.74 Å². The summed E-state index contributed by atoms with van der Waals surface area (Å²) in [7, 11) is -2.03. The van der Waals surface area contributed by atoms with Crippen molar-refractivity contribution in [1.29, 1.82) is 0 Å². The van der Waals surface area contributed by atoms with E-state index < -0.39 is 8.25 Å². The van der Waals surface area contributed by atoms with E-state index in [2.05, 4.69) is 20.8 Å². The zero-order valence-corrected chi connectivity index (χ0v) is 13.7. The van der Waals surface area contributed by atoms with Crippen LogP contribution in [0.4, 0.5) is 0 Å². The summed E-state index contributed by atoms with van der Waals surface area (Å²) < 4.78 is 28.3. The van der Waals surface area contributed by atoms with E-state index in [9.17, 15) is 4.57 Å². The average molecular weight is 291 g/mol. The Labute approximate surface area is 118 Å². The van der Waals surface area contributed by atoms with E-state index in [0.29, 0.717) is 18.4 Å². The van der Waals surface area contributed by atoms with Crippen molar-refractivity contribution in [2.45, 2.75) is 72.2 Å². The SMILES string of the molecule is CCC(CC)O[P+](=O)OC[C@H]1O[C@@H](C)[C@H](C)[C@@H]1CC. The Bertz CT molecular complexity index is 281. The van der Waals surface area contributed by atoms with Gasteiger partial charge in [-0.05, 0) is 31.6 Å². The van der Waals surface area contributed by atoms with Crippen LogP contribution in [0.15, 0.2) is 0 Å². The van der Waals surface area contributed by atoms with Crippen molar-refractivity contribution in [1.82, 2.24) is 0 Å². The minimum absolute atomic E-state index is 0.0212. The molecule has 0 spiro atoms. The summed E-state index contributed by atoms with van der Waals surface area (Å²) in [6, 6.07) is 0. The first-order valence-corrected chi connectivity index (χ1v) is 8.55. The van der Waals surface area contributed by atoms with E-state index in [4.69, 9.17) is 13.8 Å². The van der Waals surface area contributed by atoms with E-state index in [1.54, 1.807) is 0 Å². The van der Waals surface area contributed by atoms with Crippen LogP contribution < -0.4 is 0 Å². The monoisotopic (exact) mass is 291 g/mol. The van der Waals surface area contributed by atoms with Crippen LogP contribution in [0.3, 0.4) is 0 Å². The minimum atomic E-state index is -2.03. The Morgan fingerprint density at radius 2 is 1.84 bits per heavy atom. The Kier molecular flexibility index (Phi) is 7.45. The van der Waals surface area contributed by atoms with Gasteiger partial charge in [-0.25, -0.2) is 0 Å². The number of hydrogen-bond donors (Lipinski definition) is 0. The highest BCUT2D eigenvalue weighted by Gasteiger charge is 2.40. The molecule has 1 saturated heterocycles. The predicted octanol–water partition coefficient (Wildman–Crippen LogP) is 4.32. The molecule has 0 bridgehead atoms. The van der Waals surface area contributed by atoms with Crippen LogP contribution in [0.2, 0.25) is 0 Å². The van der Waals surface area contributed by atoms with Crippen LogP contribution >= 0.6 is 8.25 Å². The lowest BCUT2D eigenvalue weighted by Gasteiger charge is -2.16. The molecule has 1 fully saturated rings. The lowest BCUT2D eigenvalue weighted by atomic mass is 9.87. The molecule has 0 amide bonds. The maximum absolute atomic E-state index is 11.7. The van der Waals surface area contributed by atoms with Crippen LogP contribution in [0.5, 0.6) is 0 Å². The van der Waals surface area contributed by atoms with Crippen LogP contribution in [-0.2, 0) is 18.3 Å². The largest absolute Gasteiger partial charge is 0.697 e. The van der Waals surface area contributed by atoms with Crippen molar-refractivity contribution >= 4 is 8.25 Å². The van der Waals surface area contributed by atoms with Crippen molar-refractivity contribution in [2.75, 3.05) is 6.61 Å². The molecule has 1 rings (SSSR count). The third-order valence-corrected chi connectivity index (χ3v) is 5.07. The Hall–Kier alpha value is -0.0200. The van der Waals surface area contributed by atoms with E-state index in [1.807, 2.05) is 13.8 Å². The summed E-state index contributed by atoms with van der Waals surface area (Å²) in [5.41, 5.74) is 0.